The molecule has 8 heteroatoms. The van der Waals surface area contributed by atoms with Gasteiger partial charge in [-0.15, -0.1) is 0 Å². The minimum absolute atomic E-state index is 0.284. The van der Waals surface area contributed by atoms with Crippen LogP contribution in [0.4, 0.5) is 5.69 Å². The number of aromatic nitrogens is 2. The topological polar surface area (TPSA) is 86.4 Å². The number of amides is 1. The highest BCUT2D eigenvalue weighted by molar-refractivity contribution is 9.10. The summed E-state index contributed by atoms with van der Waals surface area (Å²) in [4.78, 5) is 24.9. The zero-order chi connectivity index (χ0) is 21.3. The van der Waals surface area contributed by atoms with Gasteiger partial charge in [0.15, 0.2) is 0 Å². The van der Waals surface area contributed by atoms with Crippen LogP contribution < -0.4 is 5.32 Å². The summed E-state index contributed by atoms with van der Waals surface area (Å²) in [5.41, 5.74) is 3.44. The van der Waals surface area contributed by atoms with Gasteiger partial charge in [0.25, 0.3) is 5.91 Å². The van der Waals surface area contributed by atoms with E-state index < -0.39 is 5.97 Å². The lowest BCUT2D eigenvalue weighted by molar-refractivity contribution is 0.0525. The highest BCUT2D eigenvalue weighted by atomic mass is 79.9. The van der Waals surface area contributed by atoms with E-state index in [0.717, 1.165) is 9.86 Å². The van der Waals surface area contributed by atoms with Gasteiger partial charge in [-0.25, -0.2) is 9.48 Å². The van der Waals surface area contributed by atoms with Crippen LogP contribution in [0.5, 0.6) is 0 Å². The molecule has 7 nitrogen and oxygen atoms in total. The summed E-state index contributed by atoms with van der Waals surface area (Å²) in [5.74, 6) is -0.697. The van der Waals surface area contributed by atoms with E-state index in [0.29, 0.717) is 40.4 Å². The van der Waals surface area contributed by atoms with Gasteiger partial charge in [0.05, 0.1) is 29.7 Å². The van der Waals surface area contributed by atoms with Crippen molar-refractivity contribution in [3.63, 3.8) is 0 Å². The lowest BCUT2D eigenvalue weighted by Gasteiger charge is -2.09. The smallest absolute Gasteiger partial charge is 0.341 e. The van der Waals surface area contributed by atoms with Crippen LogP contribution >= 0.6 is 15.9 Å². The Morgan fingerprint density at radius 3 is 2.83 bits per heavy atom. The molecule has 0 fully saturated rings. The molecular weight excluding hydrogens is 450 g/mol. The second kappa shape index (κ2) is 8.16. The molecule has 4 aromatic rings. The van der Waals surface area contributed by atoms with Gasteiger partial charge in [0.2, 0.25) is 0 Å². The van der Waals surface area contributed by atoms with Gasteiger partial charge in [-0.3, -0.25) is 4.79 Å². The number of rotatable bonds is 5. The summed E-state index contributed by atoms with van der Waals surface area (Å²) in [5, 5.41) is 7.90. The lowest BCUT2D eigenvalue weighted by atomic mass is 10.1. The standard InChI is InChI=1S/C22H18BrN3O4/c1-3-29-22(28)18-11-24-26(13(18)2)16-6-4-5-15(10-16)25-21(27)19-12-30-20-8-7-14(23)9-17(19)20/h4-12H,3H2,1-2H3,(H,25,27). The van der Waals surface area contributed by atoms with E-state index >= 15 is 0 Å². The SMILES string of the molecule is CCOC(=O)c1cnn(-c2cccc(NC(=O)c3coc4ccc(Br)cc34)c2)c1C. The van der Waals surface area contributed by atoms with E-state index in [-0.39, 0.29) is 5.91 Å². The summed E-state index contributed by atoms with van der Waals surface area (Å²) in [7, 11) is 0. The number of nitrogens with zero attached hydrogens (tertiary/aromatic N) is 2. The van der Waals surface area contributed by atoms with Crippen LogP contribution in [0.1, 0.15) is 33.3 Å². The highest BCUT2D eigenvalue weighted by Crippen LogP contribution is 2.26. The summed E-state index contributed by atoms with van der Waals surface area (Å²) >= 11 is 3.42. The number of hydrogen-bond acceptors (Lipinski definition) is 5. The molecule has 0 saturated heterocycles. The Morgan fingerprint density at radius 1 is 1.20 bits per heavy atom. The molecule has 1 amide bonds. The number of ether oxygens (including phenoxy) is 1. The Balaban J connectivity index is 1.60. The molecule has 0 aliphatic rings. The van der Waals surface area contributed by atoms with Crippen LogP contribution in [-0.2, 0) is 4.74 Å². The van der Waals surface area contributed by atoms with Gasteiger partial charge in [0.1, 0.15) is 17.4 Å². The molecule has 1 N–H and O–H groups in total. The van der Waals surface area contributed by atoms with Crippen molar-refractivity contribution in [3.05, 3.63) is 76.2 Å². The average Bonchev–Trinajstić information content (AvgIpc) is 3.31. The predicted octanol–water partition coefficient (Wildman–Crippen LogP) is 5.12. The minimum atomic E-state index is -0.413. The van der Waals surface area contributed by atoms with Crippen molar-refractivity contribution in [3.8, 4) is 5.69 Å². The first-order valence-corrected chi connectivity index (χ1v) is 10.1. The molecule has 0 aliphatic carbocycles. The van der Waals surface area contributed by atoms with Crippen molar-refractivity contribution >= 4 is 44.5 Å². The van der Waals surface area contributed by atoms with Gasteiger partial charge >= 0.3 is 5.97 Å². The maximum atomic E-state index is 12.8. The van der Waals surface area contributed by atoms with Crippen molar-refractivity contribution in [2.45, 2.75) is 13.8 Å². The van der Waals surface area contributed by atoms with Crippen molar-refractivity contribution in [1.29, 1.82) is 0 Å². The molecule has 0 atom stereocenters. The molecule has 0 bridgehead atoms. The molecule has 30 heavy (non-hydrogen) atoms. The third kappa shape index (κ3) is 3.73. The number of halogens is 1. The molecule has 4 rings (SSSR count). The van der Waals surface area contributed by atoms with Crippen LogP contribution in [0.15, 0.2) is 63.8 Å². The highest BCUT2D eigenvalue weighted by Gasteiger charge is 2.17. The first kappa shape index (κ1) is 19.9. The Morgan fingerprint density at radius 2 is 2.03 bits per heavy atom. The molecule has 2 aromatic heterocycles. The Labute approximate surface area is 180 Å². The monoisotopic (exact) mass is 467 g/mol. The molecule has 2 heterocycles. The molecule has 0 saturated carbocycles. The van der Waals surface area contributed by atoms with Crippen LogP contribution in [0.3, 0.4) is 0 Å². The number of hydrogen-bond donors (Lipinski definition) is 1. The van der Waals surface area contributed by atoms with Crippen LogP contribution in [-0.4, -0.2) is 28.3 Å². The molecule has 0 aliphatic heterocycles. The van der Waals surface area contributed by atoms with E-state index in [1.807, 2.05) is 18.2 Å². The molecule has 152 valence electrons. The van der Waals surface area contributed by atoms with Gasteiger partial charge in [0, 0.05) is 15.5 Å². The number of carbonyl (C=O) groups excluding carboxylic acids is 2. The number of esters is 1. The third-order valence-electron chi connectivity index (χ3n) is 4.63. The normalized spacial score (nSPS) is 10.9. The van der Waals surface area contributed by atoms with Crippen molar-refractivity contribution in [2.75, 3.05) is 11.9 Å². The predicted molar refractivity (Wildman–Crippen MR) is 116 cm³/mol. The van der Waals surface area contributed by atoms with Gasteiger partial charge in [-0.05, 0) is 50.2 Å². The van der Waals surface area contributed by atoms with Gasteiger partial charge in [-0.1, -0.05) is 22.0 Å². The van der Waals surface area contributed by atoms with Crippen LogP contribution in [0, 0.1) is 6.92 Å². The number of benzene rings is 2. The summed E-state index contributed by atoms with van der Waals surface area (Å²) in [6.45, 7) is 3.84. The quantitative estimate of drug-likeness (QED) is 0.411. The van der Waals surface area contributed by atoms with E-state index in [1.54, 1.807) is 42.8 Å². The largest absolute Gasteiger partial charge is 0.463 e. The minimum Gasteiger partial charge on any atom is -0.463 e. The van der Waals surface area contributed by atoms with Gasteiger partial charge in [-0.2, -0.15) is 5.10 Å². The Hall–Kier alpha value is -3.39. The van der Waals surface area contributed by atoms with E-state index in [1.165, 1.54) is 12.5 Å². The molecule has 0 unspecified atom stereocenters. The molecule has 0 radical (unpaired) electrons. The van der Waals surface area contributed by atoms with E-state index in [4.69, 9.17) is 9.15 Å². The number of carbonyl (C=O) groups is 2. The van der Waals surface area contributed by atoms with E-state index in [2.05, 4.69) is 26.3 Å². The summed E-state index contributed by atoms with van der Waals surface area (Å²) in [6, 6.07) is 12.7. The number of anilines is 1. The summed E-state index contributed by atoms with van der Waals surface area (Å²) < 4.78 is 13.0. The third-order valence-corrected chi connectivity index (χ3v) is 5.13. The zero-order valence-electron chi connectivity index (χ0n) is 16.3. The number of nitrogens with one attached hydrogen (secondary N) is 1. The first-order valence-electron chi connectivity index (χ1n) is 9.28. The van der Waals surface area contributed by atoms with Crippen LogP contribution in [0.25, 0.3) is 16.7 Å². The molecule has 2 aromatic carbocycles. The molecule has 0 spiro atoms. The second-order valence-electron chi connectivity index (χ2n) is 6.57. The first-order chi connectivity index (χ1) is 14.5. The second-order valence-corrected chi connectivity index (χ2v) is 7.49. The fourth-order valence-electron chi connectivity index (χ4n) is 3.17. The number of fused-ring (bicyclic) bond motifs is 1. The van der Waals surface area contributed by atoms with Crippen molar-refractivity contribution in [2.24, 2.45) is 0 Å². The Kier molecular flexibility index (Phi) is 5.41. The van der Waals surface area contributed by atoms with Crippen LogP contribution in [0.2, 0.25) is 0 Å². The fourth-order valence-corrected chi connectivity index (χ4v) is 3.53. The maximum absolute atomic E-state index is 12.8. The summed E-state index contributed by atoms with van der Waals surface area (Å²) in [6.07, 6.45) is 2.92. The van der Waals surface area contributed by atoms with Gasteiger partial charge < -0.3 is 14.5 Å². The zero-order valence-corrected chi connectivity index (χ0v) is 17.9. The Bertz CT molecular complexity index is 1260. The molecular formula is C22H18BrN3O4. The maximum Gasteiger partial charge on any atom is 0.341 e. The van der Waals surface area contributed by atoms with E-state index in [9.17, 15) is 9.59 Å². The fraction of sp³-hybridized carbons (Fsp3) is 0.136. The number of furan rings is 1. The average molecular weight is 468 g/mol. The lowest BCUT2D eigenvalue weighted by Crippen LogP contribution is -2.12. The van der Waals surface area contributed by atoms with Crippen molar-refractivity contribution < 1.29 is 18.7 Å². The van der Waals surface area contributed by atoms with Crippen molar-refractivity contribution in [1.82, 2.24) is 9.78 Å².